The first-order chi connectivity index (χ1) is 13.8. The maximum absolute atomic E-state index is 12.8. The van der Waals surface area contributed by atoms with E-state index in [2.05, 4.69) is 16.0 Å². The summed E-state index contributed by atoms with van der Waals surface area (Å²) in [5.41, 5.74) is -1.30. The van der Waals surface area contributed by atoms with Crippen molar-refractivity contribution in [2.24, 2.45) is 0 Å². The number of carbonyl (C=O) groups is 5. The van der Waals surface area contributed by atoms with Gasteiger partial charge in [0.1, 0.15) is 12.1 Å². The predicted molar refractivity (Wildman–Crippen MR) is 106 cm³/mol. The average molecular weight is 418 g/mol. The van der Waals surface area contributed by atoms with E-state index in [9.17, 15) is 24.0 Å². The summed E-state index contributed by atoms with van der Waals surface area (Å²) >= 11 is 0. The zero-order chi connectivity index (χ0) is 22.7. The van der Waals surface area contributed by atoms with Gasteiger partial charge in [-0.2, -0.15) is 0 Å². The van der Waals surface area contributed by atoms with Gasteiger partial charge >= 0.3 is 18.0 Å². The maximum Gasteiger partial charge on any atom is 0.327 e. The summed E-state index contributed by atoms with van der Waals surface area (Å²) in [6.07, 6.45) is -1.30. The summed E-state index contributed by atoms with van der Waals surface area (Å²) in [5.74, 6) is -2.41. The van der Waals surface area contributed by atoms with Crippen LogP contribution in [0.4, 0.5) is 9.59 Å². The third-order valence-corrected chi connectivity index (χ3v) is 4.32. The van der Waals surface area contributed by atoms with Crippen LogP contribution >= 0.6 is 0 Å². The van der Waals surface area contributed by atoms with Crippen LogP contribution in [0.3, 0.4) is 0 Å². The zero-order valence-electron chi connectivity index (χ0n) is 17.6. The number of hydrogen-bond donors (Lipinski definition) is 3. The van der Waals surface area contributed by atoms with Crippen molar-refractivity contribution in [1.29, 1.82) is 0 Å². The van der Waals surface area contributed by atoms with Gasteiger partial charge in [-0.15, -0.1) is 0 Å². The highest BCUT2D eigenvalue weighted by atomic mass is 16.5. The number of nitrogens with zero attached hydrogens (tertiary/aromatic N) is 1. The summed E-state index contributed by atoms with van der Waals surface area (Å²) in [4.78, 5) is 61.7. The molecule has 0 aliphatic carbocycles. The lowest BCUT2D eigenvalue weighted by Crippen LogP contribution is -2.51. The summed E-state index contributed by atoms with van der Waals surface area (Å²) in [6.45, 7) is 7.36. The Labute approximate surface area is 174 Å². The summed E-state index contributed by atoms with van der Waals surface area (Å²) < 4.78 is 4.97. The average Bonchev–Trinajstić information content (AvgIpc) is 2.85. The van der Waals surface area contributed by atoms with Crippen molar-refractivity contribution in [2.45, 2.75) is 51.8 Å². The molecule has 1 aliphatic rings. The molecule has 0 radical (unpaired) electrons. The Bertz CT molecular complexity index is 864. The van der Waals surface area contributed by atoms with Gasteiger partial charge in [0, 0.05) is 5.54 Å². The molecule has 1 heterocycles. The van der Waals surface area contributed by atoms with Gasteiger partial charge in [-0.05, 0) is 40.2 Å². The van der Waals surface area contributed by atoms with Crippen LogP contribution in [-0.2, 0) is 24.7 Å². The van der Waals surface area contributed by atoms with Crippen molar-refractivity contribution < 1.29 is 28.7 Å². The normalized spacial score (nSPS) is 19.7. The number of urea groups is 2. The monoisotopic (exact) mass is 418 g/mol. The maximum atomic E-state index is 12.8. The molecule has 2 rings (SSSR count). The van der Waals surface area contributed by atoms with Crippen LogP contribution in [0.5, 0.6) is 0 Å². The molecular formula is C20H26N4O6. The van der Waals surface area contributed by atoms with Crippen LogP contribution in [-0.4, -0.2) is 52.9 Å². The third-order valence-electron chi connectivity index (χ3n) is 4.32. The molecule has 1 fully saturated rings. The van der Waals surface area contributed by atoms with E-state index >= 15 is 0 Å². The van der Waals surface area contributed by atoms with Gasteiger partial charge in [-0.3, -0.25) is 24.6 Å². The van der Waals surface area contributed by atoms with Gasteiger partial charge in [0.25, 0.3) is 11.8 Å². The second-order valence-electron chi connectivity index (χ2n) is 8.14. The molecule has 3 N–H and O–H groups in total. The zero-order valence-corrected chi connectivity index (χ0v) is 17.6. The highest BCUT2D eigenvalue weighted by molar-refractivity contribution is 6.09. The van der Waals surface area contributed by atoms with E-state index in [1.54, 1.807) is 51.1 Å². The molecule has 0 bridgehead atoms. The molecule has 10 heteroatoms. The Morgan fingerprint density at radius 3 is 2.33 bits per heavy atom. The number of esters is 1. The lowest BCUT2D eigenvalue weighted by Gasteiger charge is -2.22. The van der Waals surface area contributed by atoms with Crippen molar-refractivity contribution in [2.75, 3.05) is 6.54 Å². The number of benzene rings is 1. The van der Waals surface area contributed by atoms with Crippen LogP contribution < -0.4 is 16.0 Å². The van der Waals surface area contributed by atoms with E-state index in [1.165, 1.54) is 13.8 Å². The van der Waals surface area contributed by atoms with Gasteiger partial charge in [0.05, 0.1) is 0 Å². The molecule has 1 aliphatic heterocycles. The van der Waals surface area contributed by atoms with E-state index in [1.807, 2.05) is 0 Å². The van der Waals surface area contributed by atoms with Crippen molar-refractivity contribution in [3.05, 3.63) is 35.9 Å². The largest absolute Gasteiger partial charge is 0.451 e. The molecular weight excluding hydrogens is 392 g/mol. The van der Waals surface area contributed by atoms with E-state index in [-0.39, 0.29) is 0 Å². The minimum absolute atomic E-state index is 0.556. The van der Waals surface area contributed by atoms with E-state index < -0.39 is 53.6 Å². The van der Waals surface area contributed by atoms with Crippen LogP contribution in [0.1, 0.15) is 40.2 Å². The predicted octanol–water partition coefficient (Wildman–Crippen LogP) is 1.01. The Hall–Kier alpha value is -3.43. The lowest BCUT2D eigenvalue weighted by atomic mass is 9.92. The second kappa shape index (κ2) is 8.52. The molecule has 6 amide bonds. The standard InChI is InChI=1S/C20H26N4O6/c1-12(15(26)21-17(28)22-19(2,3)4)30-14(25)11-24-16(27)20(5,23-18(24)29)13-9-7-6-8-10-13/h6-10,12H,11H2,1-5H3,(H,23,29)(H2,21,22,26,28)/t12-,20-/m0/s1. The molecule has 1 saturated heterocycles. The number of carbonyl (C=O) groups excluding carboxylic acids is 5. The Balaban J connectivity index is 1.96. The SMILES string of the molecule is C[C@H](OC(=O)CN1C(=O)N[C@@](C)(c2ccccc2)C1=O)C(=O)NC(=O)NC(C)(C)C. The first kappa shape index (κ1) is 22.9. The Morgan fingerprint density at radius 2 is 1.77 bits per heavy atom. The van der Waals surface area contributed by atoms with E-state index in [4.69, 9.17) is 4.74 Å². The van der Waals surface area contributed by atoms with Crippen molar-refractivity contribution in [3.8, 4) is 0 Å². The molecule has 0 unspecified atom stereocenters. The fourth-order valence-electron chi connectivity index (χ4n) is 2.81. The molecule has 1 aromatic rings. The molecule has 2 atom stereocenters. The number of nitrogens with one attached hydrogen (secondary N) is 3. The third kappa shape index (κ3) is 5.34. The summed E-state index contributed by atoms with van der Waals surface area (Å²) in [7, 11) is 0. The number of amides is 6. The van der Waals surface area contributed by atoms with Crippen LogP contribution in [0, 0.1) is 0 Å². The molecule has 1 aromatic carbocycles. The Kier molecular flexibility index (Phi) is 6.49. The number of ether oxygens (including phenoxy) is 1. The van der Waals surface area contributed by atoms with Gasteiger partial charge in [-0.1, -0.05) is 30.3 Å². The quantitative estimate of drug-likeness (QED) is 0.483. The fraction of sp³-hybridized carbons (Fsp3) is 0.450. The van der Waals surface area contributed by atoms with Gasteiger partial charge in [0.2, 0.25) is 0 Å². The van der Waals surface area contributed by atoms with Gasteiger partial charge < -0.3 is 15.4 Å². The lowest BCUT2D eigenvalue weighted by molar-refractivity contribution is -0.156. The molecule has 30 heavy (non-hydrogen) atoms. The van der Waals surface area contributed by atoms with Crippen molar-refractivity contribution in [3.63, 3.8) is 0 Å². The van der Waals surface area contributed by atoms with Crippen LogP contribution in [0.2, 0.25) is 0 Å². The van der Waals surface area contributed by atoms with E-state index in [0.29, 0.717) is 5.56 Å². The molecule has 0 saturated carbocycles. The van der Waals surface area contributed by atoms with E-state index in [0.717, 1.165) is 4.90 Å². The highest BCUT2D eigenvalue weighted by Gasteiger charge is 2.49. The van der Waals surface area contributed by atoms with Crippen LogP contribution in [0.15, 0.2) is 30.3 Å². The molecule has 162 valence electrons. The fourth-order valence-corrected chi connectivity index (χ4v) is 2.81. The number of hydrogen-bond acceptors (Lipinski definition) is 6. The van der Waals surface area contributed by atoms with Crippen molar-refractivity contribution in [1.82, 2.24) is 20.9 Å². The Morgan fingerprint density at radius 1 is 1.17 bits per heavy atom. The van der Waals surface area contributed by atoms with Crippen LogP contribution in [0.25, 0.3) is 0 Å². The van der Waals surface area contributed by atoms with Gasteiger partial charge in [-0.25, -0.2) is 9.59 Å². The molecule has 0 spiro atoms. The minimum Gasteiger partial charge on any atom is -0.451 e. The highest BCUT2D eigenvalue weighted by Crippen LogP contribution is 2.28. The van der Waals surface area contributed by atoms with Crippen molar-refractivity contribution >= 4 is 29.8 Å². The smallest absolute Gasteiger partial charge is 0.327 e. The first-order valence-electron chi connectivity index (χ1n) is 9.35. The summed E-state index contributed by atoms with van der Waals surface area (Å²) in [6, 6.07) is 7.13. The topological polar surface area (TPSA) is 134 Å². The van der Waals surface area contributed by atoms with Gasteiger partial charge in [0.15, 0.2) is 6.10 Å². The number of imide groups is 2. The first-order valence-corrected chi connectivity index (χ1v) is 9.35. The summed E-state index contributed by atoms with van der Waals surface area (Å²) in [5, 5.41) is 7.17. The molecule has 0 aromatic heterocycles. The minimum atomic E-state index is -1.31. The number of rotatable bonds is 5. The second-order valence-corrected chi connectivity index (χ2v) is 8.14. The molecule has 10 nitrogen and oxygen atoms in total.